The van der Waals surface area contributed by atoms with E-state index in [1.54, 1.807) is 11.8 Å². The predicted octanol–water partition coefficient (Wildman–Crippen LogP) is 4.81. The van der Waals surface area contributed by atoms with Gasteiger partial charge < -0.3 is 4.74 Å². The molecule has 1 aromatic carbocycles. The van der Waals surface area contributed by atoms with E-state index in [1.165, 1.54) is 5.56 Å². The molecule has 0 unspecified atom stereocenters. The number of hydrogen-bond donors (Lipinski definition) is 0. The number of benzene rings is 1. The van der Waals surface area contributed by atoms with Crippen molar-refractivity contribution in [1.29, 1.82) is 0 Å². The van der Waals surface area contributed by atoms with Gasteiger partial charge in [0.25, 0.3) is 0 Å². The maximum atomic E-state index is 12.8. The van der Waals surface area contributed by atoms with Crippen molar-refractivity contribution in [3.05, 3.63) is 35.9 Å². The molecule has 2 aliphatic carbocycles. The molecule has 0 radical (unpaired) electrons. The Labute approximate surface area is 154 Å². The summed E-state index contributed by atoms with van der Waals surface area (Å²) in [5.74, 6) is 0.811. The minimum absolute atomic E-state index is 0.0779. The van der Waals surface area contributed by atoms with E-state index in [4.69, 9.17) is 4.74 Å². The minimum Gasteiger partial charge on any atom is -0.371 e. The van der Waals surface area contributed by atoms with Crippen molar-refractivity contribution in [2.45, 2.75) is 55.8 Å². The third-order valence-electron chi connectivity index (χ3n) is 6.19. The number of ether oxygens (including phenoxy) is 1. The Hall–Kier alpha value is -0.450. The molecule has 2 fully saturated rings. The van der Waals surface area contributed by atoms with Gasteiger partial charge in [-0.15, -0.1) is 11.8 Å². The van der Waals surface area contributed by atoms with Crippen LogP contribution < -0.4 is 0 Å². The molecule has 2 nitrogen and oxygen atoms in total. The van der Waals surface area contributed by atoms with E-state index in [9.17, 15) is 4.79 Å². The van der Waals surface area contributed by atoms with Crippen LogP contribution in [0.3, 0.4) is 0 Å². The van der Waals surface area contributed by atoms with Gasteiger partial charge in [-0.1, -0.05) is 44.2 Å². The lowest BCUT2D eigenvalue weighted by molar-refractivity contribution is -0.121. The van der Waals surface area contributed by atoms with Crippen molar-refractivity contribution >= 4 is 29.3 Å². The van der Waals surface area contributed by atoms with Crippen LogP contribution in [0.25, 0.3) is 0 Å². The maximum Gasteiger partial charge on any atom is 0.150 e. The molecule has 132 valence electrons. The normalized spacial score (nSPS) is 37.6. The highest BCUT2D eigenvalue weighted by atomic mass is 32.2. The first-order chi connectivity index (χ1) is 11.3. The first kappa shape index (κ1) is 18.3. The molecule has 3 rings (SSSR count). The number of fused-ring (bicyclic) bond motifs is 1. The van der Waals surface area contributed by atoms with E-state index in [-0.39, 0.29) is 21.0 Å². The van der Waals surface area contributed by atoms with Crippen LogP contribution in [0.15, 0.2) is 30.3 Å². The van der Waals surface area contributed by atoms with Gasteiger partial charge in [0.05, 0.1) is 22.2 Å². The molecule has 0 spiro atoms. The Morgan fingerprint density at radius 2 is 1.79 bits per heavy atom. The van der Waals surface area contributed by atoms with E-state index in [0.717, 1.165) is 6.42 Å². The Morgan fingerprint density at radius 3 is 2.38 bits per heavy atom. The summed E-state index contributed by atoms with van der Waals surface area (Å²) in [6.07, 6.45) is 6.09. The number of Topliss-reactive ketones (excluding diaryl/α,β-unsaturated/α-hetero) is 1. The molecule has 0 N–H and O–H groups in total. The van der Waals surface area contributed by atoms with Gasteiger partial charge in [0, 0.05) is 6.42 Å². The van der Waals surface area contributed by atoms with Crippen LogP contribution in [0.1, 0.15) is 39.2 Å². The lowest BCUT2D eigenvalue weighted by Gasteiger charge is -2.47. The number of ketones is 1. The SMILES string of the molecule is CS[C@@]12[C@@H](CC(=O)[C@]1(C)SC)CC(C)(C)[C@@H]2OCc1ccccc1. The largest absolute Gasteiger partial charge is 0.371 e. The summed E-state index contributed by atoms with van der Waals surface area (Å²) in [7, 11) is 0. The van der Waals surface area contributed by atoms with Crippen molar-refractivity contribution in [1.82, 2.24) is 0 Å². The first-order valence-electron chi connectivity index (χ1n) is 8.61. The van der Waals surface area contributed by atoms with Crippen LogP contribution in [0.4, 0.5) is 0 Å². The van der Waals surface area contributed by atoms with E-state index in [2.05, 4.69) is 57.5 Å². The number of rotatable bonds is 5. The Balaban J connectivity index is 1.96. The third-order valence-corrected chi connectivity index (χ3v) is 9.34. The van der Waals surface area contributed by atoms with Gasteiger partial charge >= 0.3 is 0 Å². The van der Waals surface area contributed by atoms with Crippen molar-refractivity contribution in [2.75, 3.05) is 12.5 Å². The van der Waals surface area contributed by atoms with Gasteiger partial charge in [-0.25, -0.2) is 0 Å². The number of hydrogen-bond acceptors (Lipinski definition) is 4. The minimum atomic E-state index is -0.369. The summed E-state index contributed by atoms with van der Waals surface area (Å²) < 4.78 is 6.07. The molecular formula is C20H28O2S2. The molecule has 0 saturated heterocycles. The molecule has 24 heavy (non-hydrogen) atoms. The van der Waals surface area contributed by atoms with Crippen molar-refractivity contribution in [3.63, 3.8) is 0 Å². The van der Waals surface area contributed by atoms with Gasteiger partial charge in [0.1, 0.15) is 5.78 Å². The number of carbonyl (C=O) groups excluding carboxylic acids is 1. The topological polar surface area (TPSA) is 26.3 Å². The average molecular weight is 365 g/mol. The molecule has 2 aliphatic rings. The highest BCUT2D eigenvalue weighted by Gasteiger charge is 2.72. The van der Waals surface area contributed by atoms with Crippen molar-refractivity contribution in [3.8, 4) is 0 Å². The second-order valence-electron chi connectivity index (χ2n) is 7.93. The fraction of sp³-hybridized carbons (Fsp3) is 0.650. The number of thioether (sulfide) groups is 2. The molecule has 0 heterocycles. The van der Waals surface area contributed by atoms with Crippen LogP contribution >= 0.6 is 23.5 Å². The summed E-state index contributed by atoms with van der Waals surface area (Å²) in [5, 5.41) is 0. The smallest absolute Gasteiger partial charge is 0.150 e. The van der Waals surface area contributed by atoms with E-state index < -0.39 is 0 Å². The standard InChI is InChI=1S/C20H28O2S2/c1-18(2)12-15-11-16(21)19(3,23-4)20(15,24-5)17(18)22-13-14-9-7-6-8-10-14/h6-10,15,17H,11-13H2,1-5H3/t15-,17-,19-,20+/m0/s1. The molecule has 0 amide bonds. The predicted molar refractivity (Wildman–Crippen MR) is 105 cm³/mol. The molecule has 4 heteroatoms. The van der Waals surface area contributed by atoms with Crippen LogP contribution in [-0.2, 0) is 16.1 Å². The van der Waals surface area contributed by atoms with E-state index in [0.29, 0.717) is 24.7 Å². The van der Waals surface area contributed by atoms with Crippen LogP contribution in [0.5, 0.6) is 0 Å². The second-order valence-corrected chi connectivity index (χ2v) is 10.2. The maximum absolute atomic E-state index is 12.8. The lowest BCUT2D eigenvalue weighted by atomic mass is 9.81. The van der Waals surface area contributed by atoms with Crippen LogP contribution in [0.2, 0.25) is 0 Å². The summed E-state index contributed by atoms with van der Waals surface area (Å²) >= 11 is 3.58. The molecule has 0 aliphatic heterocycles. The summed E-state index contributed by atoms with van der Waals surface area (Å²) in [6, 6.07) is 10.4. The Kier molecular flexibility index (Phi) is 4.87. The fourth-order valence-corrected chi connectivity index (χ4v) is 8.04. The van der Waals surface area contributed by atoms with E-state index >= 15 is 0 Å². The van der Waals surface area contributed by atoms with E-state index in [1.807, 2.05) is 17.8 Å². The second kappa shape index (κ2) is 6.37. The molecule has 0 bridgehead atoms. The van der Waals surface area contributed by atoms with Gasteiger partial charge in [-0.3, -0.25) is 4.79 Å². The van der Waals surface area contributed by atoms with Crippen LogP contribution in [-0.4, -0.2) is 33.9 Å². The fourth-order valence-electron chi connectivity index (χ4n) is 5.03. The zero-order chi connectivity index (χ0) is 17.6. The van der Waals surface area contributed by atoms with Gasteiger partial charge in [-0.2, -0.15) is 11.8 Å². The molecule has 4 atom stereocenters. The highest BCUT2D eigenvalue weighted by molar-refractivity contribution is 8.04. The number of carbonyl (C=O) groups is 1. The van der Waals surface area contributed by atoms with Gasteiger partial charge in [0.15, 0.2) is 0 Å². The lowest BCUT2D eigenvalue weighted by Crippen LogP contribution is -2.57. The van der Waals surface area contributed by atoms with Crippen LogP contribution in [0, 0.1) is 11.3 Å². The van der Waals surface area contributed by atoms with Gasteiger partial charge in [0.2, 0.25) is 0 Å². The molecule has 2 saturated carbocycles. The van der Waals surface area contributed by atoms with Crippen molar-refractivity contribution < 1.29 is 9.53 Å². The molecule has 1 aromatic rings. The zero-order valence-corrected chi connectivity index (χ0v) is 16.9. The monoisotopic (exact) mass is 364 g/mol. The highest BCUT2D eigenvalue weighted by Crippen LogP contribution is 2.67. The van der Waals surface area contributed by atoms with Crippen molar-refractivity contribution in [2.24, 2.45) is 11.3 Å². The Bertz CT molecular complexity index is 615. The summed E-state index contributed by atoms with van der Waals surface area (Å²) in [5.41, 5.74) is 1.28. The quantitative estimate of drug-likeness (QED) is 0.749. The third kappa shape index (κ3) is 2.48. The molecular weight excluding hydrogens is 336 g/mol. The zero-order valence-electron chi connectivity index (χ0n) is 15.3. The summed E-state index contributed by atoms with van der Waals surface area (Å²) in [4.78, 5) is 12.8. The molecule has 0 aromatic heterocycles. The summed E-state index contributed by atoms with van der Waals surface area (Å²) in [6.45, 7) is 7.38. The Morgan fingerprint density at radius 1 is 1.12 bits per heavy atom. The van der Waals surface area contributed by atoms with Gasteiger partial charge in [-0.05, 0) is 42.8 Å². The first-order valence-corrected chi connectivity index (χ1v) is 11.1. The average Bonchev–Trinajstić information content (AvgIpc) is 2.91.